The van der Waals surface area contributed by atoms with Crippen LogP contribution in [0.3, 0.4) is 0 Å². The van der Waals surface area contributed by atoms with Crippen LogP contribution < -0.4 is 15.4 Å². The third-order valence-corrected chi connectivity index (χ3v) is 4.23. The molecule has 0 fully saturated rings. The van der Waals surface area contributed by atoms with Crippen LogP contribution in [0.25, 0.3) is 0 Å². The summed E-state index contributed by atoms with van der Waals surface area (Å²) >= 11 is 6.20. The molecule has 0 saturated carbocycles. The van der Waals surface area contributed by atoms with Gasteiger partial charge in [0.05, 0.1) is 6.04 Å². The van der Waals surface area contributed by atoms with Crippen LogP contribution in [0.2, 0.25) is 5.02 Å². The van der Waals surface area contributed by atoms with Crippen LogP contribution >= 0.6 is 11.6 Å². The second-order valence-corrected chi connectivity index (χ2v) is 7.50. The van der Waals surface area contributed by atoms with Gasteiger partial charge < -0.3 is 20.2 Å². The van der Waals surface area contributed by atoms with E-state index in [2.05, 4.69) is 15.6 Å². The largest absolute Gasteiger partial charge is 0.488 e. The lowest BCUT2D eigenvalue weighted by Gasteiger charge is -2.17. The molecule has 0 aliphatic rings. The fourth-order valence-electron chi connectivity index (χ4n) is 2.39. The van der Waals surface area contributed by atoms with Gasteiger partial charge in [-0.2, -0.15) is 0 Å². The monoisotopic (exact) mass is 455 g/mol. The third-order valence-electron chi connectivity index (χ3n) is 3.91. The maximum Gasteiger partial charge on any atom is 0.272 e. The minimum Gasteiger partial charge on any atom is -0.488 e. The van der Waals surface area contributed by atoms with Crippen molar-refractivity contribution in [3.63, 3.8) is 0 Å². The maximum atomic E-state index is 12.5. The molecule has 31 heavy (non-hydrogen) atoms. The number of alkyl halides is 2. The first-order valence-corrected chi connectivity index (χ1v) is 10.1. The Morgan fingerprint density at radius 3 is 2.39 bits per heavy atom. The Balaban J connectivity index is 0.000000861. The highest BCUT2D eigenvalue weighted by molar-refractivity contribution is 6.31. The minimum absolute atomic E-state index is 0.204. The van der Waals surface area contributed by atoms with Gasteiger partial charge in [0, 0.05) is 29.2 Å². The molecule has 0 saturated heterocycles. The highest BCUT2D eigenvalue weighted by atomic mass is 35.5. The van der Waals surface area contributed by atoms with Crippen molar-refractivity contribution in [1.82, 2.24) is 10.3 Å². The van der Waals surface area contributed by atoms with Gasteiger partial charge >= 0.3 is 0 Å². The van der Waals surface area contributed by atoms with Crippen molar-refractivity contribution in [3.05, 3.63) is 52.2 Å². The molecule has 1 aromatic heterocycles. The number of nitrogens with zero attached hydrogens (tertiary/aromatic N) is 1. The first-order valence-electron chi connectivity index (χ1n) is 9.70. The van der Waals surface area contributed by atoms with Crippen molar-refractivity contribution in [1.29, 1.82) is 0 Å². The molecule has 1 amide bonds. The molecule has 6 nitrogen and oxygen atoms in total. The Labute approximate surface area is 186 Å². The van der Waals surface area contributed by atoms with Crippen molar-refractivity contribution < 1.29 is 23.1 Å². The number of anilines is 1. The molecule has 1 aromatic carbocycles. The predicted octanol–water partition coefficient (Wildman–Crippen LogP) is 5.06. The van der Waals surface area contributed by atoms with Gasteiger partial charge in [-0.15, -0.1) is 0 Å². The van der Waals surface area contributed by atoms with E-state index in [0.29, 0.717) is 27.7 Å². The maximum absolute atomic E-state index is 12.5. The first kappa shape index (κ1) is 26.3. The van der Waals surface area contributed by atoms with Crippen LogP contribution in [0, 0.1) is 12.8 Å². The number of halogens is 3. The van der Waals surface area contributed by atoms with E-state index in [1.165, 1.54) is 6.07 Å². The van der Waals surface area contributed by atoms with Crippen molar-refractivity contribution in [3.8, 4) is 5.75 Å². The summed E-state index contributed by atoms with van der Waals surface area (Å²) in [6, 6.07) is 7.60. The summed E-state index contributed by atoms with van der Waals surface area (Å²) in [5.74, 6) is 0.783. The van der Waals surface area contributed by atoms with Gasteiger partial charge in [-0.05, 0) is 43.7 Å². The molecule has 1 atom stereocenters. The summed E-state index contributed by atoms with van der Waals surface area (Å²) < 4.78 is 29.3. The van der Waals surface area contributed by atoms with Gasteiger partial charge in [-0.3, -0.25) is 4.79 Å². The lowest BCUT2D eigenvalue weighted by atomic mass is 10.1. The number of ether oxygens (including phenoxy) is 1. The zero-order chi connectivity index (χ0) is 23.6. The summed E-state index contributed by atoms with van der Waals surface area (Å²) in [7, 11) is 1.73. The number of benzene rings is 1. The molecule has 2 rings (SSSR count). The normalized spacial score (nSPS) is 11.4. The molecular weight excluding hydrogens is 428 g/mol. The lowest BCUT2D eigenvalue weighted by Crippen LogP contribution is -2.27. The zero-order valence-electron chi connectivity index (χ0n) is 18.2. The third kappa shape index (κ3) is 9.29. The summed E-state index contributed by atoms with van der Waals surface area (Å²) in [4.78, 5) is 26.2. The van der Waals surface area contributed by atoms with E-state index < -0.39 is 13.0 Å². The van der Waals surface area contributed by atoms with Crippen molar-refractivity contribution in [2.75, 3.05) is 19.0 Å². The Bertz CT molecular complexity index is 879. The van der Waals surface area contributed by atoms with Crippen LogP contribution in [0.4, 0.5) is 14.6 Å². The molecule has 2 N–H and O–H groups in total. The van der Waals surface area contributed by atoms with Crippen LogP contribution in [-0.2, 0) is 4.79 Å². The van der Waals surface area contributed by atoms with E-state index >= 15 is 0 Å². The molecule has 0 bridgehead atoms. The Morgan fingerprint density at radius 1 is 1.23 bits per heavy atom. The number of pyridine rings is 1. The Kier molecular flexibility index (Phi) is 10.9. The van der Waals surface area contributed by atoms with Crippen LogP contribution in [-0.4, -0.2) is 37.3 Å². The second-order valence-electron chi connectivity index (χ2n) is 7.09. The van der Waals surface area contributed by atoms with Crippen molar-refractivity contribution >= 4 is 29.6 Å². The minimum atomic E-state index is -2.56. The van der Waals surface area contributed by atoms with Crippen LogP contribution in [0.15, 0.2) is 30.3 Å². The van der Waals surface area contributed by atoms with Crippen molar-refractivity contribution in [2.24, 2.45) is 5.92 Å². The standard InChI is InChI=1S/C18H20ClF2N3O2.C4H8O/c1-10-6-12(7-17(22-3)23-10)18(25)24-11(2)14-5-4-13(8-15(14)19)26-9-16(20)21;1-4(2)3-5/h4-8,11,16H,9H2,1-3H3,(H,22,23)(H,24,25);3-4H,1-2H3. The molecular formula is C22H28ClF2N3O3. The summed E-state index contributed by atoms with van der Waals surface area (Å²) in [5, 5.41) is 6.09. The van der Waals surface area contributed by atoms with Gasteiger partial charge in [0.15, 0.2) is 0 Å². The second kappa shape index (κ2) is 12.8. The SMILES string of the molecule is CC(C)C=O.CNc1cc(C(=O)NC(C)c2ccc(OCC(F)F)cc2Cl)cc(C)n1. The predicted molar refractivity (Wildman–Crippen MR) is 118 cm³/mol. The van der Waals surface area contributed by atoms with Gasteiger partial charge in [-0.25, -0.2) is 13.8 Å². The number of aldehydes is 1. The van der Waals surface area contributed by atoms with E-state index in [9.17, 15) is 18.4 Å². The van der Waals surface area contributed by atoms with E-state index in [-0.39, 0.29) is 23.6 Å². The van der Waals surface area contributed by atoms with Crippen molar-refractivity contribution in [2.45, 2.75) is 40.2 Å². The molecule has 0 spiro atoms. The topological polar surface area (TPSA) is 80.3 Å². The summed E-state index contributed by atoms with van der Waals surface area (Å²) in [5.41, 5.74) is 1.85. The van der Waals surface area contributed by atoms with Gasteiger partial charge in [0.25, 0.3) is 12.3 Å². The van der Waals surface area contributed by atoms with E-state index in [1.807, 2.05) is 13.8 Å². The number of nitrogens with one attached hydrogen (secondary N) is 2. The lowest BCUT2D eigenvalue weighted by molar-refractivity contribution is -0.110. The number of carbonyl (C=O) groups excluding carboxylic acids is 2. The summed E-state index contributed by atoms with van der Waals surface area (Å²) in [6.45, 7) is 6.60. The fraction of sp³-hybridized carbons (Fsp3) is 0.409. The molecule has 1 heterocycles. The number of aryl methyl sites for hydroxylation is 1. The smallest absolute Gasteiger partial charge is 0.272 e. The Hall–Kier alpha value is -2.74. The van der Waals surface area contributed by atoms with E-state index in [4.69, 9.17) is 16.3 Å². The molecule has 170 valence electrons. The van der Waals surface area contributed by atoms with Gasteiger partial charge in [0.2, 0.25) is 0 Å². The number of carbonyl (C=O) groups is 2. The Morgan fingerprint density at radius 2 is 1.87 bits per heavy atom. The molecule has 0 aliphatic heterocycles. The quantitative estimate of drug-likeness (QED) is 0.544. The number of hydrogen-bond acceptors (Lipinski definition) is 5. The average Bonchev–Trinajstić information content (AvgIpc) is 2.71. The first-order chi connectivity index (χ1) is 14.6. The molecule has 9 heteroatoms. The number of rotatable bonds is 8. The highest BCUT2D eigenvalue weighted by Gasteiger charge is 2.16. The van der Waals surface area contributed by atoms with E-state index in [0.717, 1.165) is 6.29 Å². The zero-order valence-corrected chi connectivity index (χ0v) is 19.0. The fourth-order valence-corrected chi connectivity index (χ4v) is 2.73. The number of hydrogen-bond donors (Lipinski definition) is 2. The van der Waals surface area contributed by atoms with Gasteiger partial charge in [-0.1, -0.05) is 31.5 Å². The number of aromatic nitrogens is 1. The van der Waals surface area contributed by atoms with Gasteiger partial charge in [0.1, 0.15) is 24.5 Å². The molecule has 0 radical (unpaired) electrons. The average molecular weight is 456 g/mol. The van der Waals surface area contributed by atoms with Crippen LogP contribution in [0.5, 0.6) is 5.75 Å². The number of amides is 1. The highest BCUT2D eigenvalue weighted by Crippen LogP contribution is 2.28. The summed E-state index contributed by atoms with van der Waals surface area (Å²) in [6.07, 6.45) is -1.64. The van der Waals surface area contributed by atoms with Crippen LogP contribution in [0.1, 0.15) is 48.4 Å². The molecule has 1 unspecified atom stereocenters. The molecule has 2 aromatic rings. The van der Waals surface area contributed by atoms with E-state index in [1.54, 1.807) is 45.2 Å². The molecule has 0 aliphatic carbocycles.